The maximum atomic E-state index is 15.5. The van der Waals surface area contributed by atoms with Crippen molar-refractivity contribution in [2.75, 3.05) is 13.2 Å². The number of ether oxygens (including phenoxy) is 1. The lowest BCUT2D eigenvalue weighted by atomic mass is 9.83. The third-order valence-corrected chi connectivity index (χ3v) is 13.9. The quantitative estimate of drug-likeness (QED) is 0.169. The number of aryl methyl sites for hydroxylation is 3. The zero-order valence-corrected chi connectivity index (χ0v) is 36.5. The zero-order chi connectivity index (χ0) is 43.7. The first-order valence-electron chi connectivity index (χ1n) is 21.7. The number of nitrogens with one attached hydrogen (secondary N) is 1. The summed E-state index contributed by atoms with van der Waals surface area (Å²) in [6, 6.07) is 17.9. The number of H-pyrrole nitrogens is 1. The number of aromatic nitrogens is 9. The van der Waals surface area contributed by atoms with Crippen LogP contribution in [-0.2, 0) is 23.7 Å². The summed E-state index contributed by atoms with van der Waals surface area (Å²) in [6.45, 7) is 13.0. The molecule has 322 valence electrons. The number of amides is 1. The minimum atomic E-state index is -0.747. The largest absolute Gasteiger partial charge is 0.438 e. The predicted molar refractivity (Wildman–Crippen MR) is 235 cm³/mol. The molecule has 0 bridgehead atoms. The van der Waals surface area contributed by atoms with Crippen molar-refractivity contribution in [3.8, 4) is 22.8 Å². The van der Waals surface area contributed by atoms with E-state index in [0.29, 0.717) is 66.7 Å². The smallest absolute Gasteiger partial charge is 0.376 e. The van der Waals surface area contributed by atoms with Crippen molar-refractivity contribution in [2.45, 2.75) is 96.7 Å². The van der Waals surface area contributed by atoms with Gasteiger partial charge in [0, 0.05) is 59.7 Å². The van der Waals surface area contributed by atoms with Gasteiger partial charge in [-0.3, -0.25) is 23.6 Å². The lowest BCUT2D eigenvalue weighted by Crippen LogP contribution is -2.40. The van der Waals surface area contributed by atoms with Gasteiger partial charge in [0.15, 0.2) is 5.82 Å². The van der Waals surface area contributed by atoms with Crippen molar-refractivity contribution in [2.24, 2.45) is 7.05 Å². The second kappa shape index (κ2) is 13.9. The average molecular weight is 849 g/mol. The van der Waals surface area contributed by atoms with Crippen molar-refractivity contribution in [1.82, 2.24) is 48.7 Å². The highest BCUT2D eigenvalue weighted by Gasteiger charge is 2.52. The van der Waals surface area contributed by atoms with Crippen LogP contribution in [0.15, 0.2) is 76.4 Å². The molecule has 11 rings (SSSR count). The van der Waals surface area contributed by atoms with Crippen molar-refractivity contribution in [3.05, 3.63) is 129 Å². The molecule has 2 atom stereocenters. The minimum absolute atomic E-state index is 0.143. The first kappa shape index (κ1) is 39.3. The summed E-state index contributed by atoms with van der Waals surface area (Å²) in [4.78, 5) is 37.5. The van der Waals surface area contributed by atoms with Gasteiger partial charge in [-0.05, 0) is 132 Å². The Kier molecular flexibility index (Phi) is 8.69. The third kappa shape index (κ3) is 6.14. The minimum Gasteiger partial charge on any atom is -0.376 e. The summed E-state index contributed by atoms with van der Waals surface area (Å²) in [5.41, 5.74) is 8.79. The lowest BCUT2D eigenvalue weighted by Gasteiger charge is -2.35. The van der Waals surface area contributed by atoms with E-state index in [1.807, 2.05) is 63.5 Å². The van der Waals surface area contributed by atoms with E-state index in [1.165, 1.54) is 5.56 Å². The first-order valence-corrected chi connectivity index (χ1v) is 21.7. The molecule has 1 aliphatic carbocycles. The molecular formula is C48H49FN10O4. The van der Waals surface area contributed by atoms with Crippen molar-refractivity contribution < 1.29 is 18.4 Å². The Morgan fingerprint density at radius 3 is 2.49 bits per heavy atom. The van der Waals surface area contributed by atoms with Gasteiger partial charge in [0.2, 0.25) is 0 Å². The Bertz CT molecular complexity index is 3200. The van der Waals surface area contributed by atoms with E-state index in [9.17, 15) is 4.79 Å². The van der Waals surface area contributed by atoms with Gasteiger partial charge < -0.3 is 14.2 Å². The van der Waals surface area contributed by atoms with Gasteiger partial charge in [-0.2, -0.15) is 10.2 Å². The number of imidazole rings is 1. The molecule has 8 aromatic rings. The fraction of sp³-hybridized carbons (Fsp3) is 0.375. The number of halogens is 1. The molecule has 3 aliphatic rings. The second-order valence-electron chi connectivity index (χ2n) is 18.5. The van der Waals surface area contributed by atoms with E-state index in [4.69, 9.17) is 19.3 Å². The van der Waals surface area contributed by atoms with Crippen LogP contribution in [0.2, 0.25) is 0 Å². The summed E-state index contributed by atoms with van der Waals surface area (Å²) >= 11 is 0. The van der Waals surface area contributed by atoms with Crippen molar-refractivity contribution in [1.29, 1.82) is 0 Å². The van der Waals surface area contributed by atoms with Crippen LogP contribution in [0.25, 0.3) is 44.6 Å². The summed E-state index contributed by atoms with van der Waals surface area (Å²) in [5.74, 6) is 0.436. The van der Waals surface area contributed by atoms with Crippen molar-refractivity contribution >= 4 is 27.7 Å². The van der Waals surface area contributed by atoms with Crippen LogP contribution < -0.4 is 5.76 Å². The molecule has 14 nitrogen and oxygen atoms in total. The molecule has 0 radical (unpaired) electrons. The Labute approximate surface area is 362 Å². The molecule has 63 heavy (non-hydrogen) atoms. The highest BCUT2D eigenvalue weighted by atomic mass is 19.1. The molecule has 5 aromatic heterocycles. The molecule has 7 heterocycles. The Morgan fingerprint density at radius 1 is 0.984 bits per heavy atom. The standard InChI is InChI=1S/C48H49FN10O4/c1-26-18-35(19-27(2)41(26)49)59-43(57-25-50-42(29(57)4)31-9-10-37-34(21-31)24-51-55(37)7)40-28(3)56(16-12-36(40)53-59)44(60)39-22-33-20-30(32-13-17-62-47(5,6)23-32)8-11-38(33)58(39)48(14-15-48)45-52-46(61)63-54-45/h8-11,18-22,24-25,28,32H,12-17,23H2,1-7H3,(H,52,54,61)/t28-,32-/m0/s1. The van der Waals surface area contributed by atoms with Crippen LogP contribution in [0.3, 0.4) is 0 Å². The highest BCUT2D eigenvalue weighted by Crippen LogP contribution is 2.51. The molecule has 0 unspecified atom stereocenters. The Balaban J connectivity index is 1.04. The molecule has 2 fully saturated rings. The molecule has 1 saturated heterocycles. The van der Waals surface area contributed by atoms with Gasteiger partial charge >= 0.3 is 5.76 Å². The zero-order valence-electron chi connectivity index (χ0n) is 36.5. The van der Waals surface area contributed by atoms with Gasteiger partial charge in [-0.1, -0.05) is 17.3 Å². The number of carbonyl (C=O) groups excluding carboxylic acids is 1. The summed E-state index contributed by atoms with van der Waals surface area (Å²) in [7, 11) is 1.92. The highest BCUT2D eigenvalue weighted by molar-refractivity contribution is 6.00. The van der Waals surface area contributed by atoms with E-state index in [0.717, 1.165) is 68.7 Å². The predicted octanol–water partition coefficient (Wildman–Crippen LogP) is 8.28. The number of hydrogen-bond donors (Lipinski definition) is 1. The maximum absolute atomic E-state index is 15.5. The Hall–Kier alpha value is -6.61. The summed E-state index contributed by atoms with van der Waals surface area (Å²) in [5, 5.41) is 15.8. The van der Waals surface area contributed by atoms with E-state index < -0.39 is 17.3 Å². The van der Waals surface area contributed by atoms with Gasteiger partial charge in [-0.15, -0.1) is 0 Å². The SMILES string of the molecule is Cc1cc(-n2nc3c(c2-n2cnc(-c4ccc5c(cnn5C)c4)c2C)[C@H](C)N(C(=O)c2cc4cc([C@H]5CCOC(C)(C)C5)ccc4n2C2(c4noc(=O)[nH]4)CC2)CC3)cc(C)c1F. The molecule has 1 amide bonds. The monoisotopic (exact) mass is 848 g/mol. The first-order chi connectivity index (χ1) is 30.2. The number of hydrogen-bond acceptors (Lipinski definition) is 8. The molecule has 3 aromatic carbocycles. The van der Waals surface area contributed by atoms with E-state index >= 15 is 9.18 Å². The number of aromatic amines is 1. The topological polar surface area (TPSA) is 147 Å². The van der Waals surface area contributed by atoms with Crippen LogP contribution >= 0.6 is 0 Å². The fourth-order valence-electron chi connectivity index (χ4n) is 10.5. The maximum Gasteiger partial charge on any atom is 0.438 e. The van der Waals surface area contributed by atoms with Crippen LogP contribution in [0.4, 0.5) is 4.39 Å². The number of benzene rings is 3. The van der Waals surface area contributed by atoms with Crippen LogP contribution in [0.5, 0.6) is 0 Å². The lowest BCUT2D eigenvalue weighted by molar-refractivity contribution is -0.0592. The number of rotatable bonds is 7. The number of carbonyl (C=O) groups is 1. The van der Waals surface area contributed by atoms with Gasteiger partial charge in [-0.25, -0.2) is 18.9 Å². The molecular weight excluding hydrogens is 800 g/mol. The Morgan fingerprint density at radius 2 is 1.76 bits per heavy atom. The fourth-order valence-corrected chi connectivity index (χ4v) is 10.5. The summed E-state index contributed by atoms with van der Waals surface area (Å²) < 4.78 is 34.1. The number of fused-ring (bicyclic) bond motifs is 3. The normalized spacial score (nSPS) is 19.3. The van der Waals surface area contributed by atoms with E-state index in [1.54, 1.807) is 13.8 Å². The second-order valence-corrected chi connectivity index (χ2v) is 18.5. The van der Waals surface area contributed by atoms with Gasteiger partial charge in [0.25, 0.3) is 5.91 Å². The molecule has 15 heteroatoms. The molecule has 1 N–H and O–H groups in total. The third-order valence-electron chi connectivity index (χ3n) is 13.9. The van der Waals surface area contributed by atoms with Gasteiger partial charge in [0.1, 0.15) is 29.2 Å². The average Bonchev–Trinajstić information content (AvgIpc) is 3.71. The van der Waals surface area contributed by atoms with Crippen LogP contribution in [-0.4, -0.2) is 73.4 Å². The van der Waals surface area contributed by atoms with Crippen molar-refractivity contribution in [3.63, 3.8) is 0 Å². The van der Waals surface area contributed by atoms with Gasteiger partial charge in [0.05, 0.1) is 40.4 Å². The molecule has 0 spiro atoms. The van der Waals surface area contributed by atoms with E-state index in [-0.39, 0.29) is 17.3 Å². The molecule has 2 aliphatic heterocycles. The van der Waals surface area contributed by atoms with Crippen LogP contribution in [0.1, 0.15) is 108 Å². The molecule has 1 saturated carbocycles. The van der Waals surface area contributed by atoms with E-state index in [2.05, 4.69) is 77.0 Å². The number of nitrogens with zero attached hydrogens (tertiary/aromatic N) is 9. The van der Waals surface area contributed by atoms with Crippen LogP contribution in [0, 0.1) is 26.6 Å². The summed E-state index contributed by atoms with van der Waals surface area (Å²) in [6.07, 6.45) is 7.33.